The first kappa shape index (κ1) is 13.9. The Balaban J connectivity index is 2.96. The third-order valence-corrected chi connectivity index (χ3v) is 3.02. The van der Waals surface area contributed by atoms with Crippen LogP contribution in [0.5, 0.6) is 0 Å². The minimum absolute atomic E-state index is 0.0525. The first-order valence-electron chi connectivity index (χ1n) is 5.37. The molecule has 0 saturated carbocycles. The van der Waals surface area contributed by atoms with Gasteiger partial charge < -0.3 is 10.0 Å². The SMILES string of the molecule is C=CCN(CCO)C(=O)c1ccc(C)cc1Br. The molecule has 0 fully saturated rings. The van der Waals surface area contributed by atoms with Crippen LogP contribution in [0.2, 0.25) is 0 Å². The monoisotopic (exact) mass is 297 g/mol. The van der Waals surface area contributed by atoms with Gasteiger partial charge in [-0.15, -0.1) is 6.58 Å². The van der Waals surface area contributed by atoms with E-state index in [1.807, 2.05) is 19.1 Å². The van der Waals surface area contributed by atoms with E-state index in [1.165, 1.54) is 0 Å². The molecule has 1 N–H and O–H groups in total. The normalized spacial score (nSPS) is 10.1. The van der Waals surface area contributed by atoms with E-state index in [4.69, 9.17) is 5.11 Å². The number of hydrogen-bond donors (Lipinski definition) is 1. The molecule has 0 unspecified atom stereocenters. The minimum atomic E-state index is -0.106. The van der Waals surface area contributed by atoms with Gasteiger partial charge in [-0.1, -0.05) is 12.1 Å². The van der Waals surface area contributed by atoms with Crippen molar-refractivity contribution in [2.24, 2.45) is 0 Å². The van der Waals surface area contributed by atoms with Crippen molar-refractivity contribution in [1.82, 2.24) is 4.90 Å². The van der Waals surface area contributed by atoms with Crippen LogP contribution in [0, 0.1) is 6.92 Å². The first-order chi connectivity index (χ1) is 8.10. The highest BCUT2D eigenvalue weighted by molar-refractivity contribution is 9.10. The molecule has 1 aromatic carbocycles. The number of benzene rings is 1. The molecular weight excluding hydrogens is 282 g/mol. The molecule has 0 aliphatic rings. The minimum Gasteiger partial charge on any atom is -0.395 e. The number of aryl methyl sites for hydroxylation is 1. The molecule has 4 heteroatoms. The van der Waals surface area contributed by atoms with Crippen molar-refractivity contribution >= 4 is 21.8 Å². The molecule has 0 bridgehead atoms. The van der Waals surface area contributed by atoms with Crippen molar-refractivity contribution in [3.8, 4) is 0 Å². The maximum Gasteiger partial charge on any atom is 0.255 e. The summed E-state index contributed by atoms with van der Waals surface area (Å²) in [5.41, 5.74) is 1.69. The molecule has 0 aromatic heterocycles. The fourth-order valence-electron chi connectivity index (χ4n) is 1.52. The van der Waals surface area contributed by atoms with Gasteiger partial charge in [-0.05, 0) is 40.5 Å². The Bertz CT molecular complexity index is 418. The van der Waals surface area contributed by atoms with Gasteiger partial charge in [0.05, 0.1) is 12.2 Å². The maximum absolute atomic E-state index is 12.2. The summed E-state index contributed by atoms with van der Waals surface area (Å²) >= 11 is 3.38. The van der Waals surface area contributed by atoms with Crippen molar-refractivity contribution in [3.63, 3.8) is 0 Å². The molecule has 17 heavy (non-hydrogen) atoms. The van der Waals surface area contributed by atoms with Crippen LogP contribution in [0.3, 0.4) is 0 Å². The lowest BCUT2D eigenvalue weighted by molar-refractivity contribution is 0.0742. The quantitative estimate of drug-likeness (QED) is 0.848. The molecule has 0 radical (unpaired) electrons. The van der Waals surface area contributed by atoms with Gasteiger partial charge in [0.2, 0.25) is 0 Å². The highest BCUT2D eigenvalue weighted by Crippen LogP contribution is 2.20. The smallest absolute Gasteiger partial charge is 0.255 e. The molecule has 0 spiro atoms. The molecule has 0 saturated heterocycles. The number of aliphatic hydroxyl groups excluding tert-OH is 1. The number of aliphatic hydroxyl groups is 1. The van der Waals surface area contributed by atoms with Crippen LogP contribution in [0.4, 0.5) is 0 Å². The lowest BCUT2D eigenvalue weighted by Crippen LogP contribution is -2.33. The van der Waals surface area contributed by atoms with Gasteiger partial charge in [-0.2, -0.15) is 0 Å². The first-order valence-corrected chi connectivity index (χ1v) is 6.16. The van der Waals surface area contributed by atoms with E-state index in [2.05, 4.69) is 22.5 Å². The Morgan fingerprint density at radius 1 is 1.59 bits per heavy atom. The molecule has 3 nitrogen and oxygen atoms in total. The Morgan fingerprint density at radius 2 is 2.29 bits per heavy atom. The molecular formula is C13H16BrNO2. The zero-order valence-electron chi connectivity index (χ0n) is 9.82. The van der Waals surface area contributed by atoms with Crippen LogP contribution in [-0.2, 0) is 0 Å². The van der Waals surface area contributed by atoms with Crippen molar-refractivity contribution in [2.75, 3.05) is 19.7 Å². The molecule has 0 aliphatic heterocycles. The van der Waals surface area contributed by atoms with Crippen LogP contribution in [0.15, 0.2) is 35.3 Å². The third kappa shape index (κ3) is 3.68. The number of nitrogens with zero attached hydrogens (tertiary/aromatic N) is 1. The van der Waals surface area contributed by atoms with E-state index in [9.17, 15) is 4.79 Å². The second kappa shape index (κ2) is 6.57. The number of halogens is 1. The molecule has 1 amide bonds. The van der Waals surface area contributed by atoms with E-state index in [0.717, 1.165) is 10.0 Å². The van der Waals surface area contributed by atoms with E-state index in [-0.39, 0.29) is 12.5 Å². The Kier molecular flexibility index (Phi) is 5.38. The predicted octanol–water partition coefficient (Wildman–Crippen LogP) is 2.38. The largest absolute Gasteiger partial charge is 0.395 e. The lowest BCUT2D eigenvalue weighted by atomic mass is 10.1. The zero-order chi connectivity index (χ0) is 12.8. The summed E-state index contributed by atoms with van der Waals surface area (Å²) in [5.74, 6) is -0.106. The average Bonchev–Trinajstić information content (AvgIpc) is 2.28. The molecule has 0 atom stereocenters. The molecule has 1 aromatic rings. The third-order valence-electron chi connectivity index (χ3n) is 2.36. The predicted molar refractivity (Wildman–Crippen MR) is 72.1 cm³/mol. The molecule has 92 valence electrons. The Morgan fingerprint density at radius 3 is 2.82 bits per heavy atom. The van der Waals surface area contributed by atoms with Gasteiger partial charge in [0.25, 0.3) is 5.91 Å². The van der Waals surface area contributed by atoms with Crippen molar-refractivity contribution in [3.05, 3.63) is 46.5 Å². The zero-order valence-corrected chi connectivity index (χ0v) is 11.4. The van der Waals surface area contributed by atoms with Gasteiger partial charge in [-0.3, -0.25) is 4.79 Å². The van der Waals surface area contributed by atoms with Gasteiger partial charge in [0, 0.05) is 17.6 Å². The highest BCUT2D eigenvalue weighted by atomic mass is 79.9. The van der Waals surface area contributed by atoms with Crippen molar-refractivity contribution in [2.45, 2.75) is 6.92 Å². The van der Waals surface area contributed by atoms with Gasteiger partial charge in [-0.25, -0.2) is 0 Å². The van der Waals surface area contributed by atoms with Crippen LogP contribution < -0.4 is 0 Å². The van der Waals surface area contributed by atoms with Crippen LogP contribution >= 0.6 is 15.9 Å². The van der Waals surface area contributed by atoms with E-state index in [1.54, 1.807) is 17.0 Å². The molecule has 0 aliphatic carbocycles. The fourth-order valence-corrected chi connectivity index (χ4v) is 2.18. The summed E-state index contributed by atoms with van der Waals surface area (Å²) in [5, 5.41) is 8.93. The number of carbonyl (C=O) groups is 1. The standard InChI is InChI=1S/C13H16BrNO2/c1-3-6-15(7-8-16)13(17)11-5-4-10(2)9-12(11)14/h3-5,9,16H,1,6-8H2,2H3. The number of rotatable bonds is 5. The summed E-state index contributed by atoms with van der Waals surface area (Å²) in [6.07, 6.45) is 1.65. The molecule has 1 rings (SSSR count). The maximum atomic E-state index is 12.2. The van der Waals surface area contributed by atoms with E-state index in [0.29, 0.717) is 18.7 Å². The summed E-state index contributed by atoms with van der Waals surface area (Å²) in [6.45, 7) is 6.26. The molecule has 0 heterocycles. The Labute approximate surface area is 110 Å². The summed E-state index contributed by atoms with van der Waals surface area (Å²) in [7, 11) is 0. The van der Waals surface area contributed by atoms with Crippen molar-refractivity contribution < 1.29 is 9.90 Å². The highest BCUT2D eigenvalue weighted by Gasteiger charge is 2.16. The van der Waals surface area contributed by atoms with Crippen molar-refractivity contribution in [1.29, 1.82) is 0 Å². The second-order valence-electron chi connectivity index (χ2n) is 3.75. The van der Waals surface area contributed by atoms with Crippen LogP contribution in [-0.4, -0.2) is 35.6 Å². The van der Waals surface area contributed by atoms with Gasteiger partial charge >= 0.3 is 0 Å². The van der Waals surface area contributed by atoms with Crippen LogP contribution in [0.1, 0.15) is 15.9 Å². The van der Waals surface area contributed by atoms with Gasteiger partial charge in [0.15, 0.2) is 0 Å². The number of amides is 1. The lowest BCUT2D eigenvalue weighted by Gasteiger charge is -2.20. The second-order valence-corrected chi connectivity index (χ2v) is 4.60. The van der Waals surface area contributed by atoms with Gasteiger partial charge in [0.1, 0.15) is 0 Å². The average molecular weight is 298 g/mol. The summed E-state index contributed by atoms with van der Waals surface area (Å²) < 4.78 is 0.773. The number of hydrogen-bond acceptors (Lipinski definition) is 2. The van der Waals surface area contributed by atoms with Crippen LogP contribution in [0.25, 0.3) is 0 Å². The number of carbonyl (C=O) groups excluding carboxylic acids is 1. The summed E-state index contributed by atoms with van der Waals surface area (Å²) in [6, 6.07) is 5.58. The van der Waals surface area contributed by atoms with E-state index < -0.39 is 0 Å². The van der Waals surface area contributed by atoms with E-state index >= 15 is 0 Å². The topological polar surface area (TPSA) is 40.5 Å². The fraction of sp³-hybridized carbons (Fsp3) is 0.308. The Hall–Kier alpha value is -1.13. The summed E-state index contributed by atoms with van der Waals surface area (Å²) in [4.78, 5) is 13.8.